The van der Waals surface area contributed by atoms with E-state index in [1.54, 1.807) is 0 Å². The fourth-order valence-corrected chi connectivity index (χ4v) is 6.43. The van der Waals surface area contributed by atoms with Gasteiger partial charge in [0, 0.05) is 24.7 Å². The molecular formula is C15H24O4S2. The summed E-state index contributed by atoms with van der Waals surface area (Å²) in [4.78, 5) is 11.0. The number of carbonyl (C=O) groups is 1. The van der Waals surface area contributed by atoms with Crippen LogP contribution in [0.3, 0.4) is 0 Å². The molecule has 2 aliphatic rings. The summed E-state index contributed by atoms with van der Waals surface area (Å²) in [5.41, 5.74) is 2.55. The average Bonchev–Trinajstić information content (AvgIpc) is 3.04. The molecule has 1 aliphatic heterocycles. The monoisotopic (exact) mass is 332 g/mol. The van der Waals surface area contributed by atoms with Crippen LogP contribution in [0.4, 0.5) is 4.79 Å². The topological polar surface area (TPSA) is 55.8 Å². The molecule has 1 N–H and O–H groups in total. The smallest absolute Gasteiger partial charge is 0.450 e. The molecule has 0 aromatic rings. The van der Waals surface area contributed by atoms with E-state index in [4.69, 9.17) is 14.6 Å². The average molecular weight is 332 g/mol. The molecule has 1 atom stereocenters. The van der Waals surface area contributed by atoms with Gasteiger partial charge in [-0.05, 0) is 50.7 Å². The van der Waals surface area contributed by atoms with Gasteiger partial charge in [0.2, 0.25) is 0 Å². The Morgan fingerprint density at radius 3 is 2.76 bits per heavy atom. The molecule has 0 saturated carbocycles. The van der Waals surface area contributed by atoms with E-state index < -0.39 is 6.16 Å². The Hall–Kier alpha value is -0.330. The van der Waals surface area contributed by atoms with Crippen LogP contribution in [0.2, 0.25) is 0 Å². The highest BCUT2D eigenvalue weighted by atomic mass is 32.2. The Labute approximate surface area is 135 Å². The van der Waals surface area contributed by atoms with Crippen molar-refractivity contribution in [2.75, 3.05) is 24.7 Å². The van der Waals surface area contributed by atoms with Crippen LogP contribution in [-0.4, -0.2) is 46.2 Å². The Morgan fingerprint density at radius 2 is 2.14 bits per heavy atom. The predicted octanol–water partition coefficient (Wildman–Crippen LogP) is 4.15. The number of thioether (sulfide) groups is 2. The van der Waals surface area contributed by atoms with E-state index in [1.165, 1.54) is 22.7 Å². The molecule has 1 spiro atoms. The number of carboxylic acid groups (broad SMARTS) is 1. The maximum Gasteiger partial charge on any atom is 0.506 e. The molecule has 0 bridgehead atoms. The highest BCUT2D eigenvalue weighted by molar-refractivity contribution is 8.21. The van der Waals surface area contributed by atoms with Gasteiger partial charge in [0.1, 0.15) is 6.10 Å². The van der Waals surface area contributed by atoms with E-state index in [9.17, 15) is 4.79 Å². The first kappa shape index (κ1) is 17.0. The number of hydrogen-bond donors (Lipinski definition) is 1. The summed E-state index contributed by atoms with van der Waals surface area (Å²) in [5.74, 6) is 2.37. The lowest BCUT2D eigenvalue weighted by atomic mass is 10.0. The highest BCUT2D eigenvalue weighted by Gasteiger charge is 2.44. The third kappa shape index (κ3) is 4.11. The summed E-state index contributed by atoms with van der Waals surface area (Å²) in [6, 6.07) is 0. The Kier molecular flexibility index (Phi) is 6.32. The zero-order valence-corrected chi connectivity index (χ0v) is 14.4. The van der Waals surface area contributed by atoms with Crippen LogP contribution >= 0.6 is 23.5 Å². The SMILES string of the molecule is CCOCCCC(OC(=O)O)C1=C(C)C2(CC1)SCCS2. The fraction of sp³-hybridized carbons (Fsp3) is 0.800. The van der Waals surface area contributed by atoms with E-state index in [0.717, 1.165) is 19.3 Å². The third-order valence-corrected chi connectivity index (χ3v) is 7.86. The van der Waals surface area contributed by atoms with Crippen LogP contribution in [0.25, 0.3) is 0 Å². The van der Waals surface area contributed by atoms with Crippen molar-refractivity contribution >= 4 is 29.7 Å². The minimum atomic E-state index is -1.18. The molecule has 1 aliphatic carbocycles. The molecule has 4 nitrogen and oxygen atoms in total. The van der Waals surface area contributed by atoms with E-state index in [2.05, 4.69) is 6.92 Å². The van der Waals surface area contributed by atoms with Crippen LogP contribution in [0.5, 0.6) is 0 Å². The van der Waals surface area contributed by atoms with Gasteiger partial charge < -0.3 is 14.6 Å². The van der Waals surface area contributed by atoms with Crippen LogP contribution in [0.1, 0.15) is 39.5 Å². The maximum absolute atomic E-state index is 11.0. The van der Waals surface area contributed by atoms with Crippen molar-refractivity contribution in [1.29, 1.82) is 0 Å². The Morgan fingerprint density at radius 1 is 1.43 bits per heavy atom. The summed E-state index contributed by atoms with van der Waals surface area (Å²) in [6.07, 6.45) is 2.13. The molecule has 0 aromatic carbocycles. The second kappa shape index (κ2) is 7.79. The number of ether oxygens (including phenoxy) is 2. The molecule has 1 unspecified atom stereocenters. The largest absolute Gasteiger partial charge is 0.506 e. The van der Waals surface area contributed by atoms with Crippen molar-refractivity contribution in [2.24, 2.45) is 0 Å². The molecule has 1 heterocycles. The molecule has 1 saturated heterocycles. The van der Waals surface area contributed by atoms with Gasteiger partial charge in [-0.2, -0.15) is 0 Å². The second-order valence-electron chi connectivity index (χ2n) is 5.31. The van der Waals surface area contributed by atoms with Gasteiger partial charge in [-0.25, -0.2) is 4.79 Å². The van der Waals surface area contributed by atoms with Crippen molar-refractivity contribution in [3.8, 4) is 0 Å². The molecular weight excluding hydrogens is 308 g/mol. The fourth-order valence-electron chi connectivity index (χ4n) is 3.08. The molecule has 0 amide bonds. The quantitative estimate of drug-likeness (QED) is 0.429. The van der Waals surface area contributed by atoms with Gasteiger partial charge in [-0.1, -0.05) is 0 Å². The molecule has 2 rings (SSSR count). The van der Waals surface area contributed by atoms with Crippen LogP contribution < -0.4 is 0 Å². The minimum Gasteiger partial charge on any atom is -0.450 e. The van der Waals surface area contributed by atoms with Gasteiger partial charge in [-0.3, -0.25) is 0 Å². The zero-order chi connectivity index (χ0) is 15.3. The van der Waals surface area contributed by atoms with Crippen molar-refractivity contribution in [1.82, 2.24) is 0 Å². The predicted molar refractivity (Wildman–Crippen MR) is 88.2 cm³/mol. The van der Waals surface area contributed by atoms with Gasteiger partial charge >= 0.3 is 6.16 Å². The molecule has 0 aromatic heterocycles. The summed E-state index contributed by atoms with van der Waals surface area (Å²) in [7, 11) is 0. The highest BCUT2D eigenvalue weighted by Crippen LogP contribution is 2.57. The summed E-state index contributed by atoms with van der Waals surface area (Å²) in [6.45, 7) is 5.49. The van der Waals surface area contributed by atoms with Crippen molar-refractivity contribution in [3.63, 3.8) is 0 Å². The first-order valence-electron chi connectivity index (χ1n) is 7.54. The first-order chi connectivity index (χ1) is 10.1. The van der Waals surface area contributed by atoms with Crippen molar-refractivity contribution in [3.05, 3.63) is 11.1 Å². The number of rotatable bonds is 7. The van der Waals surface area contributed by atoms with Crippen molar-refractivity contribution < 1.29 is 19.4 Å². The van der Waals surface area contributed by atoms with E-state index in [1.807, 2.05) is 30.4 Å². The normalized spacial score (nSPS) is 22.0. The summed E-state index contributed by atoms with van der Waals surface area (Å²) >= 11 is 4.02. The first-order valence-corrected chi connectivity index (χ1v) is 9.51. The Balaban J connectivity index is 2.05. The number of hydrogen-bond acceptors (Lipinski definition) is 5. The van der Waals surface area contributed by atoms with Crippen LogP contribution in [0, 0.1) is 0 Å². The lowest BCUT2D eigenvalue weighted by Gasteiger charge is -2.24. The molecule has 0 radical (unpaired) electrons. The van der Waals surface area contributed by atoms with Crippen LogP contribution in [-0.2, 0) is 9.47 Å². The summed E-state index contributed by atoms with van der Waals surface area (Å²) < 4.78 is 10.7. The molecule has 6 heteroatoms. The minimum absolute atomic E-state index is 0.190. The molecule has 21 heavy (non-hydrogen) atoms. The van der Waals surface area contributed by atoms with Crippen LogP contribution in [0.15, 0.2) is 11.1 Å². The van der Waals surface area contributed by atoms with E-state index >= 15 is 0 Å². The maximum atomic E-state index is 11.0. The van der Waals surface area contributed by atoms with E-state index in [-0.39, 0.29) is 10.2 Å². The second-order valence-corrected chi connectivity index (χ2v) is 8.36. The van der Waals surface area contributed by atoms with Crippen molar-refractivity contribution in [2.45, 2.75) is 49.7 Å². The van der Waals surface area contributed by atoms with Gasteiger partial charge in [0.25, 0.3) is 0 Å². The molecule has 120 valence electrons. The van der Waals surface area contributed by atoms with Gasteiger partial charge in [0.05, 0.1) is 4.08 Å². The Bertz CT molecular complexity index is 402. The van der Waals surface area contributed by atoms with Gasteiger partial charge in [0.15, 0.2) is 0 Å². The van der Waals surface area contributed by atoms with E-state index in [0.29, 0.717) is 19.6 Å². The van der Waals surface area contributed by atoms with Gasteiger partial charge in [-0.15, -0.1) is 23.5 Å². The lowest BCUT2D eigenvalue weighted by molar-refractivity contribution is 0.0548. The molecule has 1 fully saturated rings. The third-order valence-electron chi connectivity index (χ3n) is 4.12. The standard InChI is InChI=1S/C15H24O4S2/c1-3-18-8-4-5-13(19-14(16)17)12-6-7-15(11(12)2)20-9-10-21-15/h13H,3-10H2,1-2H3,(H,16,17). The zero-order valence-electron chi connectivity index (χ0n) is 12.7. The summed E-state index contributed by atoms with van der Waals surface area (Å²) in [5, 5.41) is 9.00. The lowest BCUT2D eigenvalue weighted by Crippen LogP contribution is -2.21.